The predicted octanol–water partition coefficient (Wildman–Crippen LogP) is 2.71. The first-order chi connectivity index (χ1) is 7.58. The van der Waals surface area contributed by atoms with E-state index in [1.54, 1.807) is 6.20 Å². The van der Waals surface area contributed by atoms with Crippen molar-refractivity contribution in [2.75, 3.05) is 18.0 Å². The second kappa shape index (κ2) is 6.06. The lowest BCUT2D eigenvalue weighted by Gasteiger charge is -2.24. The summed E-state index contributed by atoms with van der Waals surface area (Å²) in [6.07, 6.45) is 1.60. The number of anilines is 1. The highest BCUT2D eigenvalue weighted by Crippen LogP contribution is 2.21. The zero-order chi connectivity index (χ0) is 12.1. The lowest BCUT2D eigenvalue weighted by Crippen LogP contribution is -2.28. The van der Waals surface area contributed by atoms with Crippen LogP contribution >= 0.6 is 11.6 Å². The molecule has 0 saturated carbocycles. The van der Waals surface area contributed by atoms with Gasteiger partial charge in [0.2, 0.25) is 0 Å². The molecule has 1 N–H and O–H groups in total. The molecule has 0 amide bonds. The Bertz CT molecular complexity index is 342. The fraction of sp³-hybridized carbons (Fsp3) is 0.583. The minimum Gasteiger partial charge on any atom is -0.392 e. The molecule has 0 aliphatic rings. The minimum atomic E-state index is -0.0480. The third kappa shape index (κ3) is 3.35. The van der Waals surface area contributed by atoms with Gasteiger partial charge in [0.25, 0.3) is 0 Å². The van der Waals surface area contributed by atoms with E-state index in [0.29, 0.717) is 10.9 Å². The van der Waals surface area contributed by atoms with E-state index in [0.717, 1.165) is 24.5 Å². The molecule has 0 spiro atoms. The maximum atomic E-state index is 9.15. The monoisotopic (exact) mass is 242 g/mol. The summed E-state index contributed by atoms with van der Waals surface area (Å²) in [5, 5.41) is 9.67. The smallest absolute Gasteiger partial charge is 0.128 e. The van der Waals surface area contributed by atoms with E-state index in [9.17, 15) is 0 Å². The molecule has 1 rings (SSSR count). The minimum absolute atomic E-state index is 0.0480. The van der Waals surface area contributed by atoms with E-state index in [1.165, 1.54) is 0 Å². The van der Waals surface area contributed by atoms with Gasteiger partial charge in [-0.15, -0.1) is 0 Å². The average molecular weight is 243 g/mol. The normalized spacial score (nSPS) is 10.9. The summed E-state index contributed by atoms with van der Waals surface area (Å²) < 4.78 is 0. The predicted molar refractivity (Wildman–Crippen MR) is 67.9 cm³/mol. The second-order valence-corrected chi connectivity index (χ2v) is 4.63. The molecule has 1 aromatic heterocycles. The summed E-state index contributed by atoms with van der Waals surface area (Å²) in [6, 6.07) is 1.86. The first kappa shape index (κ1) is 13.3. The van der Waals surface area contributed by atoms with E-state index in [2.05, 4.69) is 30.7 Å². The van der Waals surface area contributed by atoms with Gasteiger partial charge in [0.15, 0.2) is 0 Å². The summed E-state index contributed by atoms with van der Waals surface area (Å²) in [7, 11) is 0. The van der Waals surface area contributed by atoms with Crippen molar-refractivity contribution >= 4 is 17.4 Å². The van der Waals surface area contributed by atoms with E-state index < -0.39 is 0 Å². The van der Waals surface area contributed by atoms with Gasteiger partial charge in [-0.3, -0.25) is 0 Å². The number of nitrogens with zero attached hydrogens (tertiary/aromatic N) is 2. The van der Waals surface area contributed by atoms with Crippen molar-refractivity contribution in [1.82, 2.24) is 4.98 Å². The number of rotatable bonds is 5. The van der Waals surface area contributed by atoms with Crippen LogP contribution in [0.3, 0.4) is 0 Å². The highest BCUT2D eigenvalue weighted by molar-refractivity contribution is 6.31. The molecule has 0 fully saturated rings. The number of aromatic nitrogens is 1. The molecule has 0 saturated heterocycles. The van der Waals surface area contributed by atoms with Crippen LogP contribution < -0.4 is 4.90 Å². The zero-order valence-electron chi connectivity index (χ0n) is 10.1. The highest BCUT2D eigenvalue weighted by Gasteiger charge is 2.10. The topological polar surface area (TPSA) is 36.4 Å². The van der Waals surface area contributed by atoms with Crippen molar-refractivity contribution in [3.05, 3.63) is 22.8 Å². The van der Waals surface area contributed by atoms with Gasteiger partial charge in [-0.05, 0) is 18.9 Å². The van der Waals surface area contributed by atoms with Gasteiger partial charge < -0.3 is 10.0 Å². The number of aliphatic hydroxyl groups excluding tert-OH is 1. The number of halogens is 1. The van der Waals surface area contributed by atoms with Gasteiger partial charge in [-0.1, -0.05) is 25.4 Å². The number of aliphatic hydroxyl groups is 1. The molecule has 0 radical (unpaired) electrons. The molecule has 90 valence electrons. The quantitative estimate of drug-likeness (QED) is 0.863. The maximum absolute atomic E-state index is 9.15. The maximum Gasteiger partial charge on any atom is 0.128 e. The number of hydrogen-bond donors (Lipinski definition) is 1. The van der Waals surface area contributed by atoms with E-state index in [1.807, 2.05) is 6.07 Å². The third-order valence-electron chi connectivity index (χ3n) is 2.38. The Labute approximate surface area is 102 Å². The standard InChI is InChI=1S/C12H19ClN2O/c1-4-15(7-9(2)3)12-5-10(8-16)11(13)6-14-12/h5-6,9,16H,4,7-8H2,1-3H3. The van der Waals surface area contributed by atoms with Crippen molar-refractivity contribution in [2.24, 2.45) is 5.92 Å². The number of pyridine rings is 1. The fourth-order valence-electron chi connectivity index (χ4n) is 1.59. The molecule has 1 aromatic rings. The van der Waals surface area contributed by atoms with Gasteiger partial charge >= 0.3 is 0 Å². The Balaban J connectivity index is 2.92. The summed E-state index contributed by atoms with van der Waals surface area (Å²) in [4.78, 5) is 6.47. The van der Waals surface area contributed by atoms with Crippen molar-refractivity contribution in [1.29, 1.82) is 0 Å². The summed E-state index contributed by atoms with van der Waals surface area (Å²) >= 11 is 5.91. The molecule has 0 aromatic carbocycles. The Kier molecular flexibility index (Phi) is 5.03. The molecular weight excluding hydrogens is 224 g/mol. The van der Waals surface area contributed by atoms with Gasteiger partial charge in [-0.2, -0.15) is 0 Å². The summed E-state index contributed by atoms with van der Waals surface area (Å²) in [5.74, 6) is 1.46. The van der Waals surface area contributed by atoms with Crippen LogP contribution in [-0.2, 0) is 6.61 Å². The molecular formula is C12H19ClN2O. The third-order valence-corrected chi connectivity index (χ3v) is 2.72. The Morgan fingerprint density at radius 3 is 2.69 bits per heavy atom. The Morgan fingerprint density at radius 1 is 1.50 bits per heavy atom. The molecule has 3 nitrogen and oxygen atoms in total. The van der Waals surface area contributed by atoms with Gasteiger partial charge in [0.05, 0.1) is 11.6 Å². The average Bonchev–Trinajstić information content (AvgIpc) is 2.26. The lowest BCUT2D eigenvalue weighted by atomic mass is 10.2. The lowest BCUT2D eigenvalue weighted by molar-refractivity contribution is 0.282. The van der Waals surface area contributed by atoms with Crippen LogP contribution in [0.5, 0.6) is 0 Å². The largest absolute Gasteiger partial charge is 0.392 e. The van der Waals surface area contributed by atoms with Gasteiger partial charge in [0, 0.05) is 24.8 Å². The van der Waals surface area contributed by atoms with Crippen LogP contribution in [0.15, 0.2) is 12.3 Å². The van der Waals surface area contributed by atoms with Crippen molar-refractivity contribution in [2.45, 2.75) is 27.4 Å². The molecule has 0 atom stereocenters. The van der Waals surface area contributed by atoms with Crippen LogP contribution in [0.1, 0.15) is 26.3 Å². The van der Waals surface area contributed by atoms with Gasteiger partial charge in [0.1, 0.15) is 5.82 Å². The first-order valence-corrected chi connectivity index (χ1v) is 5.96. The molecule has 4 heteroatoms. The molecule has 0 aliphatic carbocycles. The van der Waals surface area contributed by atoms with Crippen molar-refractivity contribution in [3.63, 3.8) is 0 Å². The first-order valence-electron chi connectivity index (χ1n) is 5.58. The van der Waals surface area contributed by atoms with E-state index in [4.69, 9.17) is 16.7 Å². The summed E-state index contributed by atoms with van der Waals surface area (Å²) in [5.41, 5.74) is 0.730. The van der Waals surface area contributed by atoms with Crippen LogP contribution in [0.25, 0.3) is 0 Å². The van der Waals surface area contributed by atoms with E-state index in [-0.39, 0.29) is 6.61 Å². The van der Waals surface area contributed by atoms with Crippen LogP contribution in [0.2, 0.25) is 5.02 Å². The molecule has 0 unspecified atom stereocenters. The molecule has 16 heavy (non-hydrogen) atoms. The molecule has 1 heterocycles. The summed E-state index contributed by atoms with van der Waals surface area (Å²) in [6.45, 7) is 8.25. The number of hydrogen-bond acceptors (Lipinski definition) is 3. The Hall–Kier alpha value is -0.800. The Morgan fingerprint density at radius 2 is 2.19 bits per heavy atom. The SMILES string of the molecule is CCN(CC(C)C)c1cc(CO)c(Cl)cn1. The second-order valence-electron chi connectivity index (χ2n) is 4.22. The van der Waals surface area contributed by atoms with Crippen LogP contribution in [0, 0.1) is 5.92 Å². The van der Waals surface area contributed by atoms with Crippen molar-refractivity contribution in [3.8, 4) is 0 Å². The highest BCUT2D eigenvalue weighted by atomic mass is 35.5. The zero-order valence-corrected chi connectivity index (χ0v) is 10.8. The van der Waals surface area contributed by atoms with Crippen LogP contribution in [-0.4, -0.2) is 23.2 Å². The van der Waals surface area contributed by atoms with Crippen molar-refractivity contribution < 1.29 is 5.11 Å². The fourth-order valence-corrected chi connectivity index (χ4v) is 1.75. The van der Waals surface area contributed by atoms with Crippen LogP contribution in [0.4, 0.5) is 5.82 Å². The van der Waals surface area contributed by atoms with E-state index >= 15 is 0 Å². The van der Waals surface area contributed by atoms with Gasteiger partial charge in [-0.25, -0.2) is 4.98 Å². The molecule has 0 aliphatic heterocycles. The molecule has 0 bridgehead atoms.